The number of carbonyl (C=O) groups is 1. The normalized spacial score (nSPS) is 11.1. The number of ketones is 1. The van der Waals surface area contributed by atoms with E-state index in [0.29, 0.717) is 35.1 Å². The minimum atomic E-state index is 0.112. The molecule has 170 valence electrons. The van der Waals surface area contributed by atoms with Gasteiger partial charge < -0.3 is 16.0 Å². The highest BCUT2D eigenvalue weighted by Gasteiger charge is 2.14. The molecule has 2 aromatic heterocycles. The summed E-state index contributed by atoms with van der Waals surface area (Å²) in [5.74, 6) is 0.634. The highest BCUT2D eigenvalue weighted by molar-refractivity contribution is 7.14. The summed E-state index contributed by atoms with van der Waals surface area (Å²) in [5.41, 5.74) is 9.44. The summed E-state index contributed by atoms with van der Waals surface area (Å²) < 4.78 is 0. The largest absolute Gasteiger partial charge is 0.383 e. The number of benzene rings is 2. The third-order valence-electron chi connectivity index (χ3n) is 5.61. The summed E-state index contributed by atoms with van der Waals surface area (Å²) in [7, 11) is 4.08. The van der Waals surface area contributed by atoms with Gasteiger partial charge in [0.25, 0.3) is 0 Å². The number of carbonyl (C=O) groups excluding carboxylic acids is 1. The Morgan fingerprint density at radius 3 is 2.76 bits per heavy atom. The molecule has 0 spiro atoms. The van der Waals surface area contributed by atoms with E-state index in [0.717, 1.165) is 27.8 Å². The van der Waals surface area contributed by atoms with Gasteiger partial charge in [0.2, 0.25) is 0 Å². The Morgan fingerprint density at radius 1 is 1.12 bits per heavy atom. The van der Waals surface area contributed by atoms with E-state index < -0.39 is 0 Å². The van der Waals surface area contributed by atoms with Crippen LogP contribution in [0.25, 0.3) is 10.8 Å². The Labute approximate surface area is 203 Å². The molecule has 4 rings (SSSR count). The van der Waals surface area contributed by atoms with Crippen molar-refractivity contribution in [3.8, 4) is 0 Å². The molecule has 7 heteroatoms. The van der Waals surface area contributed by atoms with Crippen molar-refractivity contribution in [2.24, 2.45) is 0 Å². The van der Waals surface area contributed by atoms with Gasteiger partial charge >= 0.3 is 0 Å². The first-order chi connectivity index (χ1) is 15.9. The second kappa shape index (κ2) is 10.3. The van der Waals surface area contributed by atoms with Crippen LogP contribution in [0.3, 0.4) is 0 Å². The first kappa shape index (κ1) is 23.2. The van der Waals surface area contributed by atoms with E-state index in [4.69, 9.17) is 17.3 Å². The first-order valence-electron chi connectivity index (χ1n) is 10.8. The molecule has 3 N–H and O–H groups in total. The van der Waals surface area contributed by atoms with Crippen molar-refractivity contribution in [2.45, 2.75) is 25.9 Å². The Kier molecular flexibility index (Phi) is 7.28. The van der Waals surface area contributed by atoms with Gasteiger partial charge in [-0.3, -0.25) is 4.79 Å². The molecule has 0 amide bonds. The molecule has 0 bridgehead atoms. The molecular weight excluding hydrogens is 452 g/mol. The number of fused-ring (bicyclic) bond motifs is 1. The van der Waals surface area contributed by atoms with Crippen molar-refractivity contribution in [2.75, 3.05) is 24.7 Å². The molecule has 33 heavy (non-hydrogen) atoms. The van der Waals surface area contributed by atoms with Gasteiger partial charge in [0.1, 0.15) is 5.82 Å². The van der Waals surface area contributed by atoms with Crippen LogP contribution in [-0.4, -0.2) is 24.9 Å². The minimum Gasteiger partial charge on any atom is -0.383 e. The van der Waals surface area contributed by atoms with Crippen LogP contribution in [0.5, 0.6) is 0 Å². The topological polar surface area (TPSA) is 71.2 Å². The summed E-state index contributed by atoms with van der Waals surface area (Å²) in [4.78, 5) is 20.7. The number of nitrogens with zero attached hydrogens (tertiary/aromatic N) is 2. The Balaban J connectivity index is 1.35. The lowest BCUT2D eigenvalue weighted by atomic mass is 10.0. The molecule has 0 saturated heterocycles. The Bertz CT molecular complexity index is 1280. The van der Waals surface area contributed by atoms with Crippen molar-refractivity contribution in [3.05, 3.63) is 86.7 Å². The van der Waals surface area contributed by atoms with Crippen LogP contribution in [0.15, 0.2) is 60.8 Å². The van der Waals surface area contributed by atoms with Gasteiger partial charge in [0.05, 0.1) is 9.90 Å². The number of anilines is 2. The number of hydrogen-bond acceptors (Lipinski definition) is 6. The maximum atomic E-state index is 12.8. The minimum absolute atomic E-state index is 0.112. The van der Waals surface area contributed by atoms with Crippen molar-refractivity contribution in [1.29, 1.82) is 0 Å². The highest BCUT2D eigenvalue weighted by atomic mass is 35.5. The van der Waals surface area contributed by atoms with Gasteiger partial charge in [-0.25, -0.2) is 4.98 Å². The van der Waals surface area contributed by atoms with Gasteiger partial charge in [-0.2, -0.15) is 0 Å². The lowest BCUT2D eigenvalue weighted by Gasteiger charge is -2.17. The smallest absolute Gasteiger partial charge is 0.173 e. The fourth-order valence-electron chi connectivity index (χ4n) is 3.86. The van der Waals surface area contributed by atoms with Crippen molar-refractivity contribution in [3.63, 3.8) is 0 Å². The maximum absolute atomic E-state index is 12.8. The van der Waals surface area contributed by atoms with Crippen LogP contribution in [-0.2, 0) is 19.5 Å². The lowest BCUT2D eigenvalue weighted by molar-refractivity contribution is 0.0986. The SMILES string of the molecule is CN(C)c1ccccc1CNCc1sc(C(=O)CCc2ccc3c(N)nccc3c2)cc1Cl. The zero-order valence-corrected chi connectivity index (χ0v) is 20.3. The first-order valence-corrected chi connectivity index (χ1v) is 12.0. The number of aromatic nitrogens is 1. The lowest BCUT2D eigenvalue weighted by Crippen LogP contribution is -2.17. The summed E-state index contributed by atoms with van der Waals surface area (Å²) in [6.07, 6.45) is 2.81. The van der Waals surface area contributed by atoms with E-state index >= 15 is 0 Å². The Hall–Kier alpha value is -2.93. The number of nitrogen functional groups attached to an aromatic ring is 1. The van der Waals surface area contributed by atoms with Crippen molar-refractivity contribution in [1.82, 2.24) is 10.3 Å². The van der Waals surface area contributed by atoms with Crippen LogP contribution in [0.1, 0.15) is 32.1 Å². The zero-order valence-electron chi connectivity index (χ0n) is 18.8. The standard InChI is InChI=1S/C26H27ClN4OS/c1-31(2)22-6-4-3-5-19(22)15-29-16-25-21(27)14-24(33-25)23(32)10-8-17-7-9-20-18(13-17)11-12-30-26(20)28/h3-7,9,11-14,29H,8,10,15-16H2,1-2H3,(H2,28,30). The molecule has 0 fully saturated rings. The molecule has 2 heterocycles. The molecule has 0 aliphatic carbocycles. The van der Waals surface area contributed by atoms with E-state index in [-0.39, 0.29) is 5.78 Å². The molecule has 0 aliphatic heterocycles. The molecule has 0 atom stereocenters. The molecule has 0 aliphatic rings. The highest BCUT2D eigenvalue weighted by Crippen LogP contribution is 2.29. The van der Waals surface area contributed by atoms with Crippen LogP contribution in [0.4, 0.5) is 11.5 Å². The zero-order chi connectivity index (χ0) is 23.4. The van der Waals surface area contributed by atoms with Crippen LogP contribution in [0.2, 0.25) is 5.02 Å². The molecule has 0 saturated carbocycles. The monoisotopic (exact) mass is 478 g/mol. The number of pyridine rings is 1. The summed E-state index contributed by atoms with van der Waals surface area (Å²) in [6, 6.07) is 18.1. The number of halogens is 1. The van der Waals surface area contributed by atoms with Gasteiger partial charge in [-0.15, -0.1) is 11.3 Å². The fraction of sp³-hybridized carbons (Fsp3) is 0.231. The van der Waals surface area contributed by atoms with Gasteiger partial charge in [0, 0.05) is 55.8 Å². The predicted molar refractivity (Wildman–Crippen MR) is 139 cm³/mol. The molecule has 4 aromatic rings. The van der Waals surface area contributed by atoms with E-state index in [2.05, 4.69) is 33.4 Å². The van der Waals surface area contributed by atoms with Crippen molar-refractivity contribution >= 4 is 51.0 Å². The van der Waals surface area contributed by atoms with Gasteiger partial charge in [-0.1, -0.05) is 48.0 Å². The molecule has 2 aromatic carbocycles. The summed E-state index contributed by atoms with van der Waals surface area (Å²) >= 11 is 7.92. The summed E-state index contributed by atoms with van der Waals surface area (Å²) in [6.45, 7) is 1.35. The molecular formula is C26H27ClN4OS. The number of rotatable bonds is 9. The van der Waals surface area contributed by atoms with Crippen molar-refractivity contribution < 1.29 is 4.79 Å². The quantitative estimate of drug-likeness (QED) is 0.302. The van der Waals surface area contributed by atoms with Crippen LogP contribution in [0, 0.1) is 0 Å². The maximum Gasteiger partial charge on any atom is 0.173 e. The number of hydrogen-bond donors (Lipinski definition) is 2. The third-order valence-corrected chi connectivity index (χ3v) is 7.23. The number of nitrogens with two attached hydrogens (primary N) is 1. The van der Waals surface area contributed by atoms with Crippen LogP contribution >= 0.6 is 22.9 Å². The van der Waals surface area contributed by atoms with E-state index in [1.165, 1.54) is 22.6 Å². The summed E-state index contributed by atoms with van der Waals surface area (Å²) in [5, 5.41) is 6.07. The van der Waals surface area contributed by atoms with Gasteiger partial charge in [0.15, 0.2) is 5.78 Å². The fourth-order valence-corrected chi connectivity index (χ4v) is 5.20. The number of nitrogens with one attached hydrogen (secondary N) is 1. The van der Waals surface area contributed by atoms with Crippen LogP contribution < -0.4 is 16.0 Å². The number of thiophene rings is 1. The number of Topliss-reactive ketones (excluding diaryl/α,β-unsaturated/α-hetero) is 1. The number of para-hydroxylation sites is 1. The number of aryl methyl sites for hydroxylation is 1. The van der Waals surface area contributed by atoms with Gasteiger partial charge in [-0.05, 0) is 41.1 Å². The average molecular weight is 479 g/mol. The van der Waals surface area contributed by atoms with E-state index in [1.807, 2.05) is 44.4 Å². The van der Waals surface area contributed by atoms with E-state index in [1.54, 1.807) is 12.3 Å². The van der Waals surface area contributed by atoms with E-state index in [9.17, 15) is 4.79 Å². The Morgan fingerprint density at radius 2 is 1.94 bits per heavy atom. The molecule has 0 radical (unpaired) electrons. The third kappa shape index (κ3) is 5.53. The second-order valence-electron chi connectivity index (χ2n) is 8.18. The predicted octanol–water partition coefficient (Wildman–Crippen LogP) is 5.70. The second-order valence-corrected chi connectivity index (χ2v) is 9.73. The molecule has 5 nitrogen and oxygen atoms in total. The molecule has 0 unspecified atom stereocenters. The average Bonchev–Trinajstić information content (AvgIpc) is 3.18.